The molecule has 2 nitrogen and oxygen atoms in total. The Morgan fingerprint density at radius 1 is 0.500 bits per heavy atom. The zero-order chi connectivity index (χ0) is 19.6. The highest BCUT2D eigenvalue weighted by molar-refractivity contribution is 4.70. The van der Waals surface area contributed by atoms with Gasteiger partial charge in [0.15, 0.2) is 0 Å². The molecule has 0 amide bonds. The lowest BCUT2D eigenvalue weighted by Gasteiger charge is -2.39. The van der Waals surface area contributed by atoms with Crippen LogP contribution in [0.1, 0.15) is 119 Å². The van der Waals surface area contributed by atoms with Crippen LogP contribution in [-0.4, -0.2) is 36.2 Å². The average Bonchev–Trinajstić information content (AvgIpc) is 2.67. The molecule has 0 spiro atoms. The number of rotatable bonds is 19. The molecule has 0 aromatic carbocycles. The molecule has 2 heteroatoms. The van der Waals surface area contributed by atoms with E-state index in [9.17, 15) is 0 Å². The fourth-order valence-electron chi connectivity index (χ4n) is 3.81. The van der Waals surface area contributed by atoms with Gasteiger partial charge in [0.05, 0.1) is 0 Å². The summed E-state index contributed by atoms with van der Waals surface area (Å²) in [6, 6.07) is 0. The molecule has 0 aromatic heterocycles. The van der Waals surface area contributed by atoms with Crippen LogP contribution < -0.4 is 0 Å². The topological polar surface area (TPSA) is 6.48 Å². The van der Waals surface area contributed by atoms with Gasteiger partial charge in [-0.3, -0.25) is 0 Å². The van der Waals surface area contributed by atoms with E-state index in [0.29, 0.717) is 0 Å². The Labute approximate surface area is 167 Å². The zero-order valence-corrected chi connectivity index (χ0v) is 19.4. The Hall–Kier alpha value is -0.0800. The van der Waals surface area contributed by atoms with E-state index in [1.54, 1.807) is 0 Å². The molecule has 2 unspecified atom stereocenters. The first-order chi connectivity index (χ1) is 12.7. The Morgan fingerprint density at radius 2 is 0.885 bits per heavy atom. The minimum atomic E-state index is 0.865. The summed E-state index contributed by atoms with van der Waals surface area (Å²) in [4.78, 5) is 0. The number of nitrogens with zero attached hydrogens (tertiary/aromatic N) is 2. The molecule has 0 aromatic rings. The first kappa shape index (κ1) is 25.9. The maximum atomic E-state index is 2.80. The molecule has 0 aliphatic rings. The van der Waals surface area contributed by atoms with Crippen LogP contribution in [0.2, 0.25) is 0 Å². The summed E-state index contributed by atoms with van der Waals surface area (Å²) >= 11 is 0. The molecule has 0 fully saturated rings. The quantitative estimate of drug-likeness (QED) is 0.217. The van der Waals surface area contributed by atoms with Crippen LogP contribution in [0.3, 0.4) is 0 Å². The average molecular weight is 369 g/mol. The first-order valence-electron chi connectivity index (χ1n) is 12.2. The number of hydrogen-bond donors (Lipinski definition) is 0. The van der Waals surface area contributed by atoms with Crippen LogP contribution in [0.25, 0.3) is 0 Å². The smallest absolute Gasteiger partial charge is 0.0161 e. The van der Waals surface area contributed by atoms with E-state index < -0.39 is 0 Å². The van der Waals surface area contributed by atoms with Crippen LogP contribution >= 0.6 is 0 Å². The summed E-state index contributed by atoms with van der Waals surface area (Å²) in [7, 11) is 0. The van der Waals surface area contributed by atoms with E-state index in [-0.39, 0.29) is 0 Å². The van der Waals surface area contributed by atoms with Crippen molar-refractivity contribution in [3.8, 4) is 0 Å². The van der Waals surface area contributed by atoms with E-state index in [1.165, 1.54) is 103 Å². The molecule has 0 radical (unpaired) electrons. The van der Waals surface area contributed by atoms with Crippen molar-refractivity contribution in [2.24, 2.45) is 11.8 Å². The molecule has 0 heterocycles. The molecule has 0 aliphatic heterocycles. The number of unbranched alkanes of at least 4 members (excludes halogenated alkanes) is 4. The van der Waals surface area contributed by atoms with Crippen LogP contribution in [-0.2, 0) is 0 Å². The van der Waals surface area contributed by atoms with Crippen LogP contribution in [0.15, 0.2) is 0 Å². The zero-order valence-electron chi connectivity index (χ0n) is 19.4. The maximum absolute atomic E-state index is 2.80. The molecule has 158 valence electrons. The van der Waals surface area contributed by atoms with Gasteiger partial charge >= 0.3 is 0 Å². The van der Waals surface area contributed by atoms with Gasteiger partial charge in [0.2, 0.25) is 0 Å². The second-order valence-electron chi connectivity index (χ2n) is 8.37. The van der Waals surface area contributed by atoms with Crippen molar-refractivity contribution in [3.63, 3.8) is 0 Å². The summed E-state index contributed by atoms with van der Waals surface area (Å²) in [5, 5.41) is 5.55. The Balaban J connectivity index is 5.08. The third-order valence-corrected chi connectivity index (χ3v) is 5.96. The molecule has 0 N–H and O–H groups in total. The van der Waals surface area contributed by atoms with Gasteiger partial charge in [-0.1, -0.05) is 92.9 Å². The first-order valence-corrected chi connectivity index (χ1v) is 12.2. The predicted octanol–water partition coefficient (Wildman–Crippen LogP) is 7.54. The largest absolute Gasteiger partial charge is 0.242 e. The number of hydrazine groups is 1. The van der Waals surface area contributed by atoms with Gasteiger partial charge in [0.1, 0.15) is 0 Å². The second-order valence-corrected chi connectivity index (χ2v) is 8.37. The predicted molar refractivity (Wildman–Crippen MR) is 120 cm³/mol. The molecule has 0 rings (SSSR count). The van der Waals surface area contributed by atoms with Crippen molar-refractivity contribution in [2.75, 3.05) is 26.2 Å². The van der Waals surface area contributed by atoms with Crippen LogP contribution in [0.5, 0.6) is 0 Å². The third kappa shape index (κ3) is 12.3. The maximum Gasteiger partial charge on any atom is 0.0161 e. The van der Waals surface area contributed by atoms with Crippen molar-refractivity contribution in [1.82, 2.24) is 10.0 Å². The molecular weight excluding hydrogens is 316 g/mol. The van der Waals surface area contributed by atoms with E-state index in [1.807, 2.05) is 0 Å². The molecule has 0 bridgehead atoms. The fourth-order valence-corrected chi connectivity index (χ4v) is 3.81. The van der Waals surface area contributed by atoms with Gasteiger partial charge in [-0.15, -0.1) is 0 Å². The van der Waals surface area contributed by atoms with E-state index >= 15 is 0 Å². The highest BCUT2D eigenvalue weighted by Gasteiger charge is 2.21. The minimum Gasteiger partial charge on any atom is -0.242 e. The van der Waals surface area contributed by atoms with Gasteiger partial charge < -0.3 is 0 Å². The molecule has 0 saturated carbocycles. The minimum absolute atomic E-state index is 0.865. The van der Waals surface area contributed by atoms with E-state index in [4.69, 9.17) is 0 Å². The molecule has 2 atom stereocenters. The van der Waals surface area contributed by atoms with Crippen molar-refractivity contribution in [3.05, 3.63) is 0 Å². The summed E-state index contributed by atoms with van der Waals surface area (Å²) in [5.41, 5.74) is 0. The van der Waals surface area contributed by atoms with Gasteiger partial charge in [-0.25, -0.2) is 10.0 Å². The molecule has 0 aliphatic carbocycles. The molecule has 26 heavy (non-hydrogen) atoms. The Bertz CT molecular complexity index is 253. The SMILES string of the molecule is CCCCC(CC)CN(CC(CC)CCCC)N(CCCC)CCCC. The Morgan fingerprint density at radius 3 is 1.19 bits per heavy atom. The Kier molecular flexibility index (Phi) is 18.2. The van der Waals surface area contributed by atoms with Crippen LogP contribution in [0.4, 0.5) is 0 Å². The van der Waals surface area contributed by atoms with E-state index in [0.717, 1.165) is 11.8 Å². The lowest BCUT2D eigenvalue weighted by Crippen LogP contribution is -2.48. The van der Waals surface area contributed by atoms with Crippen LogP contribution in [0, 0.1) is 11.8 Å². The highest BCUT2D eigenvalue weighted by atomic mass is 15.6. The summed E-state index contributed by atoms with van der Waals surface area (Å²) in [5.74, 6) is 1.73. The monoisotopic (exact) mass is 368 g/mol. The lowest BCUT2D eigenvalue weighted by molar-refractivity contribution is -0.0527. The van der Waals surface area contributed by atoms with Crippen molar-refractivity contribution >= 4 is 0 Å². The summed E-state index contributed by atoms with van der Waals surface area (Å²) in [6.07, 6.45) is 16.2. The normalized spacial score (nSPS) is 14.3. The van der Waals surface area contributed by atoms with Gasteiger partial charge in [-0.2, -0.15) is 0 Å². The standard InChI is InChI=1S/C24H52N2/c1-7-13-17-23(11-5)21-26(22-24(12-6)18-14-8-2)25(19-15-9-3)20-16-10-4/h23-24H,7-22H2,1-6H3. The van der Waals surface area contributed by atoms with Crippen molar-refractivity contribution < 1.29 is 0 Å². The van der Waals surface area contributed by atoms with Gasteiger partial charge in [0.25, 0.3) is 0 Å². The third-order valence-electron chi connectivity index (χ3n) is 5.96. The van der Waals surface area contributed by atoms with Crippen molar-refractivity contribution in [2.45, 2.75) is 119 Å². The summed E-state index contributed by atoms with van der Waals surface area (Å²) < 4.78 is 0. The summed E-state index contributed by atoms with van der Waals surface area (Å²) in [6.45, 7) is 19.2. The van der Waals surface area contributed by atoms with Gasteiger partial charge in [0, 0.05) is 26.2 Å². The number of hydrogen-bond acceptors (Lipinski definition) is 2. The van der Waals surface area contributed by atoms with E-state index in [2.05, 4.69) is 51.6 Å². The van der Waals surface area contributed by atoms with Crippen molar-refractivity contribution in [1.29, 1.82) is 0 Å². The molecular formula is C24H52N2. The lowest BCUT2D eigenvalue weighted by atomic mass is 9.96. The second kappa shape index (κ2) is 18.3. The molecule has 0 saturated heterocycles. The fraction of sp³-hybridized carbons (Fsp3) is 1.00. The van der Waals surface area contributed by atoms with Gasteiger partial charge in [-0.05, 0) is 37.5 Å². The highest BCUT2D eigenvalue weighted by Crippen LogP contribution is 2.21.